The number of hydrogen-bond donors (Lipinski definition) is 0. The van der Waals surface area contributed by atoms with E-state index < -0.39 is 10.8 Å². The van der Waals surface area contributed by atoms with E-state index in [4.69, 9.17) is 0 Å². The molecule has 0 saturated carbocycles. The topological polar surface area (TPSA) is 56.3 Å². The molecular formula is C11H11NO3S2. The molecule has 1 heterocycles. The van der Waals surface area contributed by atoms with E-state index in [1.807, 2.05) is 24.3 Å². The van der Waals surface area contributed by atoms with E-state index in [1.54, 1.807) is 0 Å². The average molecular weight is 269 g/mol. The van der Waals surface area contributed by atoms with Gasteiger partial charge in [-0.25, -0.2) is 4.98 Å². The Morgan fingerprint density at radius 3 is 2.94 bits per heavy atom. The lowest BCUT2D eigenvalue weighted by Gasteiger charge is -1.97. The van der Waals surface area contributed by atoms with Gasteiger partial charge in [-0.3, -0.25) is 9.00 Å². The number of thiazole rings is 1. The second-order valence-electron chi connectivity index (χ2n) is 3.32. The number of rotatable bonds is 4. The summed E-state index contributed by atoms with van der Waals surface area (Å²) in [7, 11) is 0.0907. The van der Waals surface area contributed by atoms with Crippen molar-refractivity contribution in [3.05, 3.63) is 24.3 Å². The monoisotopic (exact) mass is 269 g/mol. The lowest BCUT2D eigenvalue weighted by Crippen LogP contribution is -2.07. The van der Waals surface area contributed by atoms with Gasteiger partial charge in [0.15, 0.2) is 4.34 Å². The van der Waals surface area contributed by atoms with E-state index in [2.05, 4.69) is 9.72 Å². The van der Waals surface area contributed by atoms with E-state index in [1.165, 1.54) is 18.4 Å². The Balaban J connectivity index is 2.11. The summed E-state index contributed by atoms with van der Waals surface area (Å²) in [4.78, 5) is 15.2. The molecule has 2 aromatic rings. The van der Waals surface area contributed by atoms with Crippen LogP contribution in [0.15, 0.2) is 28.6 Å². The van der Waals surface area contributed by atoms with Gasteiger partial charge in [0.25, 0.3) is 0 Å². The highest BCUT2D eigenvalue weighted by Gasteiger charge is 2.12. The molecule has 6 heteroatoms. The van der Waals surface area contributed by atoms with Gasteiger partial charge in [-0.05, 0) is 12.1 Å². The predicted molar refractivity (Wildman–Crippen MR) is 67.5 cm³/mol. The molecule has 0 fully saturated rings. The van der Waals surface area contributed by atoms with Crippen molar-refractivity contribution >= 4 is 38.3 Å². The number of hydrogen-bond acceptors (Lipinski definition) is 5. The molecule has 0 saturated heterocycles. The number of para-hydroxylation sites is 1. The van der Waals surface area contributed by atoms with E-state index in [9.17, 15) is 9.00 Å². The standard InChI is InChI=1S/C11H11NO3S2/c1-15-10(13)6-7-17(14)11-12-8-4-2-3-5-9(8)16-11/h2-5H,6-7H2,1H3. The first-order valence-corrected chi connectivity index (χ1v) is 7.15. The van der Waals surface area contributed by atoms with E-state index in [0.717, 1.165) is 10.2 Å². The molecule has 0 aliphatic heterocycles. The maximum atomic E-state index is 11.9. The molecule has 17 heavy (non-hydrogen) atoms. The molecule has 1 aromatic heterocycles. The average Bonchev–Trinajstić information content (AvgIpc) is 2.79. The summed E-state index contributed by atoms with van der Waals surface area (Å²) in [5.74, 6) is -0.0913. The molecule has 0 amide bonds. The van der Waals surface area contributed by atoms with Crippen LogP contribution in [0.2, 0.25) is 0 Å². The molecule has 90 valence electrons. The third-order valence-corrected chi connectivity index (χ3v) is 4.88. The molecular weight excluding hydrogens is 258 g/mol. The molecule has 2 rings (SSSR count). The first-order chi connectivity index (χ1) is 8.20. The maximum Gasteiger partial charge on any atom is 0.306 e. The Morgan fingerprint density at radius 1 is 1.47 bits per heavy atom. The van der Waals surface area contributed by atoms with Crippen LogP contribution in [0.25, 0.3) is 10.2 Å². The van der Waals surface area contributed by atoms with Gasteiger partial charge in [0.2, 0.25) is 0 Å². The zero-order chi connectivity index (χ0) is 12.3. The summed E-state index contributed by atoms with van der Waals surface area (Å²) in [5, 5.41) is 0. The molecule has 0 spiro atoms. The third-order valence-electron chi connectivity index (χ3n) is 2.19. The zero-order valence-electron chi connectivity index (χ0n) is 9.21. The summed E-state index contributed by atoms with van der Waals surface area (Å²) in [6, 6.07) is 7.63. The van der Waals surface area contributed by atoms with E-state index in [-0.39, 0.29) is 18.1 Å². The predicted octanol–water partition coefficient (Wildman–Crippen LogP) is 1.97. The van der Waals surface area contributed by atoms with E-state index >= 15 is 0 Å². The van der Waals surface area contributed by atoms with Crippen molar-refractivity contribution in [1.29, 1.82) is 0 Å². The van der Waals surface area contributed by atoms with Crippen LogP contribution >= 0.6 is 11.3 Å². The van der Waals surface area contributed by atoms with Crippen molar-refractivity contribution < 1.29 is 13.7 Å². The maximum absolute atomic E-state index is 11.9. The second kappa shape index (κ2) is 5.37. The van der Waals surface area contributed by atoms with Gasteiger partial charge >= 0.3 is 5.97 Å². The quantitative estimate of drug-likeness (QED) is 0.796. The van der Waals surface area contributed by atoms with Crippen molar-refractivity contribution in [2.45, 2.75) is 10.8 Å². The van der Waals surface area contributed by atoms with Crippen molar-refractivity contribution in [1.82, 2.24) is 4.98 Å². The highest BCUT2D eigenvalue weighted by atomic mass is 32.2. The Kier molecular flexibility index (Phi) is 3.86. The molecule has 1 unspecified atom stereocenters. The molecule has 0 aliphatic carbocycles. The fourth-order valence-electron chi connectivity index (χ4n) is 1.31. The van der Waals surface area contributed by atoms with Gasteiger partial charge in [-0.1, -0.05) is 12.1 Å². The molecule has 0 radical (unpaired) electrons. The van der Waals surface area contributed by atoms with Crippen LogP contribution < -0.4 is 0 Å². The highest BCUT2D eigenvalue weighted by molar-refractivity contribution is 7.87. The minimum Gasteiger partial charge on any atom is -0.469 e. The smallest absolute Gasteiger partial charge is 0.306 e. The zero-order valence-corrected chi connectivity index (χ0v) is 10.8. The van der Waals surface area contributed by atoms with Crippen LogP contribution in [0, 0.1) is 0 Å². The van der Waals surface area contributed by atoms with Crippen LogP contribution in [0.4, 0.5) is 0 Å². The molecule has 0 aliphatic rings. The number of methoxy groups -OCH3 is 1. The number of carbonyl (C=O) groups excluding carboxylic acids is 1. The summed E-state index contributed by atoms with van der Waals surface area (Å²) >= 11 is 1.40. The Hall–Kier alpha value is -1.27. The minimum absolute atomic E-state index is 0.152. The molecule has 4 nitrogen and oxygen atoms in total. The van der Waals surface area contributed by atoms with Gasteiger partial charge in [0, 0.05) is 5.75 Å². The van der Waals surface area contributed by atoms with Gasteiger partial charge in [0.1, 0.15) is 0 Å². The lowest BCUT2D eigenvalue weighted by molar-refractivity contribution is -0.140. The third kappa shape index (κ3) is 2.89. The summed E-state index contributed by atoms with van der Waals surface area (Å²) in [5.41, 5.74) is 0.846. The number of nitrogens with zero attached hydrogens (tertiary/aromatic N) is 1. The fourth-order valence-corrected chi connectivity index (χ4v) is 3.63. The molecule has 0 N–H and O–H groups in total. The first kappa shape index (κ1) is 12.2. The summed E-state index contributed by atoms with van der Waals surface area (Å²) < 4.78 is 18.0. The van der Waals surface area contributed by atoms with Crippen LogP contribution in [0.5, 0.6) is 0 Å². The van der Waals surface area contributed by atoms with Crippen LogP contribution in [0.3, 0.4) is 0 Å². The first-order valence-electron chi connectivity index (χ1n) is 5.01. The van der Waals surface area contributed by atoms with Crippen molar-refractivity contribution in [3.63, 3.8) is 0 Å². The fraction of sp³-hybridized carbons (Fsp3) is 0.273. The molecule has 1 atom stereocenters. The highest BCUT2D eigenvalue weighted by Crippen LogP contribution is 2.24. The van der Waals surface area contributed by atoms with Gasteiger partial charge in [-0.15, -0.1) is 11.3 Å². The van der Waals surface area contributed by atoms with Crippen LogP contribution in [0.1, 0.15) is 6.42 Å². The normalized spacial score (nSPS) is 12.5. The van der Waals surface area contributed by atoms with E-state index in [0.29, 0.717) is 4.34 Å². The number of esters is 1. The largest absolute Gasteiger partial charge is 0.469 e. The summed E-state index contributed by atoms with van der Waals surface area (Å²) in [6.45, 7) is 0. The Bertz CT molecular complexity index is 532. The molecule has 1 aromatic carbocycles. The minimum atomic E-state index is -1.23. The number of benzene rings is 1. The van der Waals surface area contributed by atoms with Crippen molar-refractivity contribution in [3.8, 4) is 0 Å². The van der Waals surface area contributed by atoms with Crippen LogP contribution in [-0.4, -0.2) is 28.0 Å². The number of fused-ring (bicyclic) bond motifs is 1. The molecule has 0 bridgehead atoms. The SMILES string of the molecule is COC(=O)CCS(=O)c1nc2ccccc2s1. The number of carbonyl (C=O) groups is 1. The van der Waals surface area contributed by atoms with Gasteiger partial charge in [-0.2, -0.15) is 0 Å². The van der Waals surface area contributed by atoms with Crippen LogP contribution in [-0.2, 0) is 20.3 Å². The lowest BCUT2D eigenvalue weighted by atomic mass is 10.3. The Labute approximate surface area is 105 Å². The number of aromatic nitrogens is 1. The number of ether oxygens (including phenoxy) is 1. The summed E-state index contributed by atoms with van der Waals surface area (Å²) in [6.07, 6.45) is 0.152. The van der Waals surface area contributed by atoms with Gasteiger partial charge < -0.3 is 4.74 Å². The second-order valence-corrected chi connectivity index (χ2v) is 6.10. The Morgan fingerprint density at radius 2 is 2.24 bits per heavy atom. The van der Waals surface area contributed by atoms with Crippen molar-refractivity contribution in [2.75, 3.05) is 12.9 Å². The van der Waals surface area contributed by atoms with Crippen molar-refractivity contribution in [2.24, 2.45) is 0 Å². The van der Waals surface area contributed by atoms with Gasteiger partial charge in [0.05, 0.1) is 34.5 Å².